The lowest BCUT2D eigenvalue weighted by molar-refractivity contribution is 0.0712. The molecule has 0 aliphatic carbocycles. The van der Waals surface area contributed by atoms with E-state index >= 15 is 0 Å². The number of nitrogens with zero attached hydrogens (tertiary/aromatic N) is 3. The zero-order valence-corrected chi connectivity index (χ0v) is 19.7. The third kappa shape index (κ3) is 5.89. The smallest absolute Gasteiger partial charge is 0.257 e. The molecular weight excluding hydrogens is 436 g/mol. The molecule has 1 saturated heterocycles. The van der Waals surface area contributed by atoms with Crippen molar-refractivity contribution in [3.05, 3.63) is 78.0 Å². The summed E-state index contributed by atoms with van der Waals surface area (Å²) in [6.45, 7) is 3.45. The second-order valence-electron chi connectivity index (χ2n) is 8.44. The van der Waals surface area contributed by atoms with Crippen molar-refractivity contribution < 1.29 is 13.2 Å². The van der Waals surface area contributed by atoms with Gasteiger partial charge in [0.05, 0.1) is 17.9 Å². The largest absolute Gasteiger partial charge is 0.338 e. The van der Waals surface area contributed by atoms with Gasteiger partial charge in [-0.05, 0) is 24.8 Å². The Morgan fingerprint density at radius 3 is 2.30 bits per heavy atom. The van der Waals surface area contributed by atoms with Crippen LogP contribution < -0.4 is 4.72 Å². The highest BCUT2D eigenvalue weighted by molar-refractivity contribution is 7.89. The molecule has 1 aromatic heterocycles. The fourth-order valence-corrected chi connectivity index (χ4v) is 5.59. The number of aromatic nitrogens is 2. The molecule has 0 bridgehead atoms. The summed E-state index contributed by atoms with van der Waals surface area (Å²) in [7, 11) is -3.26. The van der Waals surface area contributed by atoms with Crippen LogP contribution in [0.15, 0.2) is 66.9 Å². The maximum atomic E-state index is 13.5. The minimum absolute atomic E-state index is 0.0666. The van der Waals surface area contributed by atoms with Gasteiger partial charge in [-0.3, -0.25) is 9.48 Å². The predicted molar refractivity (Wildman–Crippen MR) is 129 cm³/mol. The average Bonchev–Trinajstić information content (AvgIpc) is 3.24. The predicted octanol–water partition coefficient (Wildman–Crippen LogP) is 3.53. The van der Waals surface area contributed by atoms with Gasteiger partial charge in [-0.25, -0.2) is 13.1 Å². The van der Waals surface area contributed by atoms with E-state index in [0.717, 1.165) is 11.1 Å². The van der Waals surface area contributed by atoms with Crippen molar-refractivity contribution in [1.82, 2.24) is 19.4 Å². The van der Waals surface area contributed by atoms with Crippen molar-refractivity contribution >= 4 is 15.9 Å². The molecule has 0 unspecified atom stereocenters. The number of hydrogen-bond donors (Lipinski definition) is 1. The third-order valence-corrected chi connectivity index (χ3v) is 7.47. The minimum atomic E-state index is -3.26. The maximum absolute atomic E-state index is 13.5. The van der Waals surface area contributed by atoms with Crippen LogP contribution in [-0.4, -0.2) is 53.9 Å². The fourth-order valence-electron chi connectivity index (χ4n) is 4.19. The molecule has 7 nitrogen and oxygen atoms in total. The van der Waals surface area contributed by atoms with Crippen LogP contribution in [-0.2, 0) is 16.6 Å². The van der Waals surface area contributed by atoms with E-state index in [2.05, 4.69) is 4.72 Å². The molecule has 0 spiro atoms. The number of amides is 1. The quantitative estimate of drug-likeness (QED) is 0.550. The van der Waals surface area contributed by atoms with Gasteiger partial charge in [-0.1, -0.05) is 67.6 Å². The number of carbonyl (C=O) groups excluding carboxylic acids is 1. The highest BCUT2D eigenvalue weighted by Gasteiger charge is 2.28. The zero-order valence-electron chi connectivity index (χ0n) is 18.9. The molecule has 2 aromatic carbocycles. The molecule has 1 aliphatic heterocycles. The Hall–Kier alpha value is -2.97. The Morgan fingerprint density at radius 2 is 1.67 bits per heavy atom. The van der Waals surface area contributed by atoms with Crippen LogP contribution in [0.25, 0.3) is 11.3 Å². The van der Waals surface area contributed by atoms with E-state index in [1.165, 1.54) is 0 Å². The van der Waals surface area contributed by atoms with Gasteiger partial charge in [0, 0.05) is 30.9 Å². The summed E-state index contributed by atoms with van der Waals surface area (Å²) >= 11 is 0. The Bertz CT molecular complexity index is 1170. The fraction of sp³-hybridized carbons (Fsp3) is 0.360. The average molecular weight is 467 g/mol. The van der Waals surface area contributed by atoms with Crippen molar-refractivity contribution in [3.63, 3.8) is 0 Å². The van der Waals surface area contributed by atoms with Crippen LogP contribution in [0.1, 0.15) is 42.1 Å². The first-order chi connectivity index (χ1) is 15.9. The topological polar surface area (TPSA) is 84.3 Å². The number of piperidine rings is 1. The van der Waals surface area contributed by atoms with E-state index in [1.807, 2.05) is 78.5 Å². The van der Waals surface area contributed by atoms with Crippen molar-refractivity contribution in [1.29, 1.82) is 0 Å². The van der Waals surface area contributed by atoms with Gasteiger partial charge in [0.2, 0.25) is 10.0 Å². The van der Waals surface area contributed by atoms with Crippen LogP contribution in [0.4, 0.5) is 0 Å². The monoisotopic (exact) mass is 466 g/mol. The summed E-state index contributed by atoms with van der Waals surface area (Å²) < 4.78 is 28.8. The number of likely N-dealkylation sites (tertiary alicyclic amines) is 1. The molecule has 3 aromatic rings. The number of carbonyl (C=O) groups is 1. The maximum Gasteiger partial charge on any atom is 0.257 e. The molecule has 0 radical (unpaired) electrons. The van der Waals surface area contributed by atoms with Gasteiger partial charge in [0.25, 0.3) is 5.91 Å². The SMILES string of the molecule is CCCS(=O)(=O)NC1CCN(C(=O)c2cn(Cc3ccccc3)nc2-c2ccccc2)CC1. The molecule has 0 saturated carbocycles. The van der Waals surface area contributed by atoms with Crippen LogP contribution in [0.2, 0.25) is 0 Å². The lowest BCUT2D eigenvalue weighted by Crippen LogP contribution is -2.47. The zero-order chi connectivity index (χ0) is 23.3. The second kappa shape index (κ2) is 10.3. The van der Waals surface area contributed by atoms with Crippen molar-refractivity contribution in [2.75, 3.05) is 18.8 Å². The summed E-state index contributed by atoms with van der Waals surface area (Å²) in [5.74, 6) is 0.0655. The Kier molecular flexibility index (Phi) is 7.25. The highest BCUT2D eigenvalue weighted by Crippen LogP contribution is 2.25. The minimum Gasteiger partial charge on any atom is -0.338 e. The molecule has 0 atom stereocenters. The molecule has 1 aliphatic rings. The van der Waals surface area contributed by atoms with E-state index in [9.17, 15) is 13.2 Å². The lowest BCUT2D eigenvalue weighted by Gasteiger charge is -2.32. The molecule has 2 heterocycles. The van der Waals surface area contributed by atoms with E-state index < -0.39 is 10.0 Å². The summed E-state index contributed by atoms with van der Waals surface area (Å²) in [5, 5.41) is 4.75. The van der Waals surface area contributed by atoms with E-state index in [4.69, 9.17) is 5.10 Å². The van der Waals surface area contributed by atoms with E-state index in [-0.39, 0.29) is 17.7 Å². The third-order valence-electron chi connectivity index (χ3n) is 5.83. The van der Waals surface area contributed by atoms with Crippen molar-refractivity contribution in [3.8, 4) is 11.3 Å². The standard InChI is InChI=1S/C25H30N4O3S/c1-2-17-33(31,32)27-22-13-15-28(16-14-22)25(30)23-19-29(18-20-9-5-3-6-10-20)26-24(23)21-11-7-4-8-12-21/h3-12,19,22,27H,2,13-18H2,1H3. The molecule has 1 N–H and O–H groups in total. The van der Waals surface area contributed by atoms with Crippen molar-refractivity contribution in [2.45, 2.75) is 38.8 Å². The number of nitrogens with one attached hydrogen (secondary N) is 1. The second-order valence-corrected chi connectivity index (χ2v) is 10.3. The summed E-state index contributed by atoms with van der Waals surface area (Å²) in [4.78, 5) is 15.3. The molecular formula is C25H30N4O3S. The van der Waals surface area contributed by atoms with E-state index in [1.54, 1.807) is 4.90 Å². The molecule has 4 rings (SSSR count). The molecule has 174 valence electrons. The van der Waals surface area contributed by atoms with Gasteiger partial charge in [-0.2, -0.15) is 5.10 Å². The van der Waals surface area contributed by atoms with Gasteiger partial charge in [-0.15, -0.1) is 0 Å². The van der Waals surface area contributed by atoms with Crippen LogP contribution >= 0.6 is 0 Å². The number of rotatable bonds is 8. The molecule has 1 amide bonds. The van der Waals surface area contributed by atoms with Crippen LogP contribution in [0, 0.1) is 0 Å². The number of sulfonamides is 1. The van der Waals surface area contributed by atoms with Crippen LogP contribution in [0.5, 0.6) is 0 Å². The van der Waals surface area contributed by atoms with Gasteiger partial charge in [0.1, 0.15) is 5.69 Å². The Labute approximate surface area is 195 Å². The first-order valence-corrected chi connectivity index (χ1v) is 13.1. The normalized spacial score (nSPS) is 15.0. The summed E-state index contributed by atoms with van der Waals surface area (Å²) in [5.41, 5.74) is 3.25. The summed E-state index contributed by atoms with van der Waals surface area (Å²) in [6.07, 6.45) is 3.62. The first kappa shape index (κ1) is 23.2. The summed E-state index contributed by atoms with van der Waals surface area (Å²) in [6, 6.07) is 19.6. The van der Waals surface area contributed by atoms with Gasteiger partial charge in [0.15, 0.2) is 0 Å². The first-order valence-electron chi connectivity index (χ1n) is 11.4. The highest BCUT2D eigenvalue weighted by atomic mass is 32.2. The van der Waals surface area contributed by atoms with E-state index in [0.29, 0.717) is 50.2 Å². The van der Waals surface area contributed by atoms with Gasteiger partial charge >= 0.3 is 0 Å². The number of hydrogen-bond acceptors (Lipinski definition) is 4. The number of benzene rings is 2. The Balaban J connectivity index is 1.52. The van der Waals surface area contributed by atoms with Crippen LogP contribution in [0.3, 0.4) is 0 Å². The molecule has 8 heteroatoms. The lowest BCUT2D eigenvalue weighted by atomic mass is 10.0. The molecule has 1 fully saturated rings. The Morgan fingerprint density at radius 1 is 1.03 bits per heavy atom. The van der Waals surface area contributed by atoms with Gasteiger partial charge < -0.3 is 4.90 Å². The van der Waals surface area contributed by atoms with Crippen molar-refractivity contribution in [2.24, 2.45) is 0 Å². The molecule has 33 heavy (non-hydrogen) atoms.